The van der Waals surface area contributed by atoms with Gasteiger partial charge in [-0.2, -0.15) is 0 Å². The molecule has 1 aromatic heterocycles. The molecule has 0 fully saturated rings. The number of benzene rings is 2. The lowest BCUT2D eigenvalue weighted by Crippen LogP contribution is -2.16. The molecule has 0 aliphatic rings. The Bertz CT molecular complexity index is 1090. The molecule has 0 unspecified atom stereocenters. The summed E-state index contributed by atoms with van der Waals surface area (Å²) in [6.07, 6.45) is -0.205. The van der Waals surface area contributed by atoms with Crippen molar-refractivity contribution in [1.29, 1.82) is 0 Å². The molecule has 0 aliphatic heterocycles. The van der Waals surface area contributed by atoms with Crippen LogP contribution in [0, 0.1) is 6.92 Å². The molecule has 1 heterocycles. The number of ether oxygens (including phenoxy) is 2. The molecule has 0 amide bonds. The van der Waals surface area contributed by atoms with Gasteiger partial charge in [-0.25, -0.2) is 9.59 Å². The number of carbonyl (C=O) groups is 2. The molecule has 2 aromatic carbocycles. The maximum absolute atomic E-state index is 12.2. The zero-order valence-corrected chi connectivity index (χ0v) is 15.3. The summed E-state index contributed by atoms with van der Waals surface area (Å²) in [5, 5.41) is 0.714. The Kier molecular flexibility index (Phi) is 5.28. The summed E-state index contributed by atoms with van der Waals surface area (Å²) < 4.78 is 15.2. The normalized spacial score (nSPS) is 10.6. The molecule has 0 aliphatic carbocycles. The third-order valence-electron chi connectivity index (χ3n) is 4.10. The molecule has 0 radical (unpaired) electrons. The van der Waals surface area contributed by atoms with Gasteiger partial charge in [-0.3, -0.25) is 4.79 Å². The molecule has 0 saturated carbocycles. The van der Waals surface area contributed by atoms with Crippen LogP contribution in [0.5, 0.6) is 5.75 Å². The van der Waals surface area contributed by atoms with Gasteiger partial charge < -0.3 is 13.9 Å². The molecule has 3 aromatic rings. The smallest absolute Gasteiger partial charge is 0.343 e. The Morgan fingerprint density at radius 1 is 1.15 bits per heavy atom. The fraction of sp³-hybridized carbons (Fsp3) is 0.150. The molecule has 3 rings (SSSR count). The fourth-order valence-electron chi connectivity index (χ4n) is 2.62. The molecule has 0 spiro atoms. The summed E-state index contributed by atoms with van der Waals surface area (Å²) in [5.74, 6) is -1.07. The zero-order valence-electron chi connectivity index (χ0n) is 14.6. The van der Waals surface area contributed by atoms with E-state index in [-0.39, 0.29) is 28.3 Å². The zero-order chi connectivity index (χ0) is 19.6. The van der Waals surface area contributed by atoms with Crippen molar-refractivity contribution in [3.8, 4) is 5.75 Å². The quantitative estimate of drug-likeness (QED) is 0.386. The standard InChI is InChI=1S/C20H15ClO6/c1-11-13-8-15(21)17(27-19(23)12-6-4-3-5-7-12)10-16(13)26-20(24)14(11)9-18(22)25-2/h3-8,10H,9H2,1-2H3. The van der Waals surface area contributed by atoms with Crippen molar-refractivity contribution in [1.82, 2.24) is 0 Å². The highest BCUT2D eigenvalue weighted by Gasteiger charge is 2.18. The number of carbonyl (C=O) groups excluding carboxylic acids is 2. The van der Waals surface area contributed by atoms with Gasteiger partial charge in [0.25, 0.3) is 0 Å². The second-order valence-electron chi connectivity index (χ2n) is 5.78. The molecule has 0 saturated heterocycles. The van der Waals surface area contributed by atoms with E-state index in [2.05, 4.69) is 4.74 Å². The van der Waals surface area contributed by atoms with Crippen molar-refractivity contribution < 1.29 is 23.5 Å². The lowest BCUT2D eigenvalue weighted by atomic mass is 10.0. The van der Waals surface area contributed by atoms with Crippen LogP contribution in [-0.4, -0.2) is 19.0 Å². The van der Waals surface area contributed by atoms with Crippen molar-refractivity contribution in [3.05, 3.63) is 74.6 Å². The summed E-state index contributed by atoms with van der Waals surface area (Å²) in [7, 11) is 1.24. The summed E-state index contributed by atoms with van der Waals surface area (Å²) >= 11 is 6.24. The second-order valence-corrected chi connectivity index (χ2v) is 6.19. The molecule has 0 atom stereocenters. The van der Waals surface area contributed by atoms with Crippen molar-refractivity contribution in [3.63, 3.8) is 0 Å². The van der Waals surface area contributed by atoms with E-state index in [0.717, 1.165) is 0 Å². The largest absolute Gasteiger partial charge is 0.469 e. The van der Waals surface area contributed by atoms with E-state index in [1.54, 1.807) is 37.3 Å². The number of methoxy groups -OCH3 is 1. The van der Waals surface area contributed by atoms with Gasteiger partial charge in [-0.05, 0) is 30.7 Å². The molecule has 138 valence electrons. The molecular formula is C20H15ClO6. The van der Waals surface area contributed by atoms with E-state index in [0.29, 0.717) is 16.5 Å². The van der Waals surface area contributed by atoms with Crippen LogP contribution in [0.1, 0.15) is 21.5 Å². The average molecular weight is 387 g/mol. The van der Waals surface area contributed by atoms with Crippen LogP contribution in [0.4, 0.5) is 0 Å². The molecule has 7 heteroatoms. The van der Waals surface area contributed by atoms with E-state index in [9.17, 15) is 14.4 Å². The van der Waals surface area contributed by atoms with E-state index >= 15 is 0 Å². The SMILES string of the molecule is COC(=O)Cc1c(C)c2cc(Cl)c(OC(=O)c3ccccc3)cc2oc1=O. The van der Waals surface area contributed by atoms with Crippen molar-refractivity contribution in [2.24, 2.45) is 0 Å². The monoisotopic (exact) mass is 386 g/mol. The fourth-order valence-corrected chi connectivity index (χ4v) is 2.82. The summed E-state index contributed by atoms with van der Waals surface area (Å²) in [6, 6.07) is 11.3. The molecule has 0 N–H and O–H groups in total. The van der Waals surface area contributed by atoms with Gasteiger partial charge in [-0.15, -0.1) is 0 Å². The number of fused-ring (bicyclic) bond motifs is 1. The molecule has 27 heavy (non-hydrogen) atoms. The van der Waals surface area contributed by atoms with E-state index in [4.69, 9.17) is 20.8 Å². The van der Waals surface area contributed by atoms with E-state index < -0.39 is 17.6 Å². The third kappa shape index (κ3) is 3.85. The van der Waals surface area contributed by atoms with Crippen molar-refractivity contribution in [2.75, 3.05) is 7.11 Å². The maximum atomic E-state index is 12.2. The highest BCUT2D eigenvalue weighted by molar-refractivity contribution is 6.33. The minimum absolute atomic E-state index is 0.0706. The number of esters is 2. The van der Waals surface area contributed by atoms with Gasteiger partial charge in [0.2, 0.25) is 0 Å². The second kappa shape index (κ2) is 7.63. The first-order chi connectivity index (χ1) is 12.9. The number of halogens is 1. The van der Waals surface area contributed by atoms with Gasteiger partial charge in [-0.1, -0.05) is 29.8 Å². The highest BCUT2D eigenvalue weighted by atomic mass is 35.5. The Balaban J connectivity index is 2.02. The van der Waals surface area contributed by atoms with Crippen molar-refractivity contribution >= 4 is 34.5 Å². The van der Waals surface area contributed by atoms with Crippen LogP contribution >= 0.6 is 11.6 Å². The third-order valence-corrected chi connectivity index (χ3v) is 4.40. The lowest BCUT2D eigenvalue weighted by Gasteiger charge is -2.10. The van der Waals surface area contributed by atoms with Gasteiger partial charge >= 0.3 is 17.6 Å². The Morgan fingerprint density at radius 3 is 2.52 bits per heavy atom. The summed E-state index contributed by atoms with van der Waals surface area (Å²) in [4.78, 5) is 36.0. The summed E-state index contributed by atoms with van der Waals surface area (Å²) in [6.45, 7) is 1.68. The van der Waals surface area contributed by atoms with Gasteiger partial charge in [0.15, 0.2) is 5.75 Å². The van der Waals surface area contributed by atoms with Crippen LogP contribution in [0.15, 0.2) is 51.7 Å². The minimum atomic E-state index is -0.659. The van der Waals surface area contributed by atoms with Gasteiger partial charge in [0.1, 0.15) is 5.58 Å². The first kappa shape index (κ1) is 18.7. The van der Waals surface area contributed by atoms with E-state index in [1.807, 2.05) is 0 Å². The van der Waals surface area contributed by atoms with Crippen LogP contribution in [0.2, 0.25) is 5.02 Å². The van der Waals surface area contributed by atoms with Gasteiger partial charge in [0, 0.05) is 11.5 Å². The predicted molar refractivity (Wildman–Crippen MR) is 99.4 cm³/mol. The maximum Gasteiger partial charge on any atom is 0.343 e. The van der Waals surface area contributed by atoms with Crippen LogP contribution in [-0.2, 0) is 16.0 Å². The molecule has 0 bridgehead atoms. The van der Waals surface area contributed by atoms with Crippen molar-refractivity contribution in [2.45, 2.75) is 13.3 Å². The number of rotatable bonds is 4. The Hall–Kier alpha value is -3.12. The number of hydrogen-bond donors (Lipinski definition) is 0. The topological polar surface area (TPSA) is 82.8 Å². The van der Waals surface area contributed by atoms with Crippen LogP contribution in [0.25, 0.3) is 11.0 Å². The Labute approximate surface area is 159 Å². The lowest BCUT2D eigenvalue weighted by molar-refractivity contribution is -0.139. The minimum Gasteiger partial charge on any atom is -0.469 e. The van der Waals surface area contributed by atoms with Gasteiger partial charge in [0.05, 0.1) is 29.7 Å². The van der Waals surface area contributed by atoms with Crippen LogP contribution in [0.3, 0.4) is 0 Å². The first-order valence-corrected chi connectivity index (χ1v) is 8.38. The van der Waals surface area contributed by atoms with E-state index in [1.165, 1.54) is 19.2 Å². The number of hydrogen-bond acceptors (Lipinski definition) is 6. The molecule has 6 nitrogen and oxygen atoms in total. The first-order valence-electron chi connectivity index (χ1n) is 8.00. The average Bonchev–Trinajstić information content (AvgIpc) is 2.67. The highest BCUT2D eigenvalue weighted by Crippen LogP contribution is 2.32. The van der Waals surface area contributed by atoms with Crippen LogP contribution < -0.4 is 10.4 Å². The summed E-state index contributed by atoms with van der Waals surface area (Å²) in [5.41, 5.74) is 0.646. The molecular weight excluding hydrogens is 372 g/mol. The number of aryl methyl sites for hydroxylation is 1. The predicted octanol–water partition coefficient (Wildman–Crippen LogP) is 3.69. The Morgan fingerprint density at radius 2 is 1.85 bits per heavy atom.